The molecule has 0 spiro atoms. The van der Waals surface area contributed by atoms with Crippen LogP contribution in [0, 0.1) is 6.08 Å². The molecule has 0 aromatic carbocycles. The summed E-state index contributed by atoms with van der Waals surface area (Å²) in [5, 5.41) is 0. The van der Waals surface area contributed by atoms with E-state index >= 15 is 0 Å². The maximum absolute atomic E-state index is 3.36. The van der Waals surface area contributed by atoms with E-state index in [0.717, 1.165) is 6.42 Å². The number of allylic oxidation sites excluding steroid dienone is 8. The molecular formula is C22H35. The largest absolute Gasteiger partial charge is 0.0845 e. The average Bonchev–Trinajstić information content (AvgIpc) is 2.53. The van der Waals surface area contributed by atoms with Crippen LogP contribution in [0.15, 0.2) is 42.5 Å². The fourth-order valence-electron chi connectivity index (χ4n) is 2.83. The summed E-state index contributed by atoms with van der Waals surface area (Å²) in [5.41, 5.74) is 0. The van der Waals surface area contributed by atoms with Crippen LogP contribution in [-0.4, -0.2) is 0 Å². The van der Waals surface area contributed by atoms with Crippen molar-refractivity contribution >= 4 is 0 Å². The summed E-state index contributed by atoms with van der Waals surface area (Å²) in [6.07, 6.45) is 37.5. The molecule has 0 N–H and O–H groups in total. The predicted molar refractivity (Wildman–Crippen MR) is 99.9 cm³/mol. The fraction of sp³-hybridized carbons (Fsp3) is 0.636. The third-order valence-corrected chi connectivity index (χ3v) is 4.24. The van der Waals surface area contributed by atoms with Gasteiger partial charge in [0, 0.05) is 0 Å². The molecule has 0 amide bonds. The van der Waals surface area contributed by atoms with Crippen molar-refractivity contribution in [1.82, 2.24) is 0 Å². The molecule has 0 saturated heterocycles. The zero-order valence-corrected chi connectivity index (χ0v) is 14.4. The Labute approximate surface area is 139 Å². The highest BCUT2D eigenvalue weighted by atomic mass is 14.0. The van der Waals surface area contributed by atoms with Crippen molar-refractivity contribution in [1.29, 1.82) is 0 Å². The van der Waals surface area contributed by atoms with Crippen LogP contribution in [0.3, 0.4) is 0 Å². The highest BCUT2D eigenvalue weighted by Crippen LogP contribution is 2.13. The van der Waals surface area contributed by atoms with Gasteiger partial charge in [0.25, 0.3) is 0 Å². The van der Waals surface area contributed by atoms with E-state index in [0.29, 0.717) is 0 Å². The standard InChI is InChI=1S/C22H35/c1-2-4-6-8-10-12-14-16-18-20-22-21-19-17-15-13-11-9-7-5-3-1/h1-7H,8,10-22H2/b2-1+,5-3-,6-4+,9-7?. The highest BCUT2D eigenvalue weighted by Gasteiger charge is 1.93. The second kappa shape index (κ2) is 16.3. The Hall–Kier alpha value is -1.04. The van der Waals surface area contributed by atoms with Crippen LogP contribution in [0.4, 0.5) is 0 Å². The van der Waals surface area contributed by atoms with E-state index in [1.165, 1.54) is 83.5 Å². The molecule has 0 heteroatoms. The lowest BCUT2D eigenvalue weighted by molar-refractivity contribution is 0.541. The minimum Gasteiger partial charge on any atom is -0.0845 e. The van der Waals surface area contributed by atoms with E-state index in [4.69, 9.17) is 0 Å². The van der Waals surface area contributed by atoms with Crippen LogP contribution in [-0.2, 0) is 0 Å². The lowest BCUT2D eigenvalue weighted by atomic mass is 10.0. The third kappa shape index (κ3) is 13.9. The minimum absolute atomic E-state index is 1.11. The van der Waals surface area contributed by atoms with Gasteiger partial charge in [-0.2, -0.15) is 0 Å². The van der Waals surface area contributed by atoms with Crippen LogP contribution < -0.4 is 0 Å². The van der Waals surface area contributed by atoms with Crippen molar-refractivity contribution in [2.45, 2.75) is 89.9 Å². The Bertz CT molecular complexity index is 296. The molecule has 0 heterocycles. The molecule has 0 saturated carbocycles. The monoisotopic (exact) mass is 299 g/mol. The molecule has 1 aliphatic carbocycles. The van der Waals surface area contributed by atoms with E-state index in [-0.39, 0.29) is 0 Å². The van der Waals surface area contributed by atoms with Crippen molar-refractivity contribution in [3.8, 4) is 0 Å². The molecule has 1 rings (SSSR count). The van der Waals surface area contributed by atoms with Crippen LogP contribution in [0.2, 0.25) is 0 Å². The first-order valence-electron chi connectivity index (χ1n) is 9.55. The topological polar surface area (TPSA) is 0 Å². The Balaban J connectivity index is 2.22. The highest BCUT2D eigenvalue weighted by molar-refractivity contribution is 5.14. The van der Waals surface area contributed by atoms with Gasteiger partial charge in [-0.3, -0.25) is 0 Å². The van der Waals surface area contributed by atoms with Gasteiger partial charge in [0.15, 0.2) is 0 Å². The maximum Gasteiger partial charge on any atom is -0.0276 e. The summed E-state index contributed by atoms with van der Waals surface area (Å²) in [7, 11) is 0. The Morgan fingerprint density at radius 2 is 0.955 bits per heavy atom. The van der Waals surface area contributed by atoms with E-state index in [1.54, 1.807) is 0 Å². The van der Waals surface area contributed by atoms with Gasteiger partial charge in [-0.25, -0.2) is 0 Å². The zero-order valence-electron chi connectivity index (χ0n) is 14.4. The van der Waals surface area contributed by atoms with E-state index < -0.39 is 0 Å². The zero-order chi connectivity index (χ0) is 15.6. The first kappa shape index (κ1) is 19.0. The van der Waals surface area contributed by atoms with Gasteiger partial charge in [0.2, 0.25) is 0 Å². The Morgan fingerprint density at radius 1 is 0.455 bits per heavy atom. The summed E-state index contributed by atoms with van der Waals surface area (Å²) in [6, 6.07) is 0. The summed E-state index contributed by atoms with van der Waals surface area (Å²) < 4.78 is 0. The Kier molecular flexibility index (Phi) is 14.1. The molecule has 0 unspecified atom stereocenters. The molecule has 0 fully saturated rings. The van der Waals surface area contributed by atoms with Crippen molar-refractivity contribution in [3.05, 3.63) is 48.6 Å². The first-order chi connectivity index (χ1) is 11.0. The lowest BCUT2D eigenvalue weighted by Crippen LogP contribution is -1.83. The van der Waals surface area contributed by atoms with Gasteiger partial charge in [-0.15, -0.1) is 0 Å². The first-order valence-corrected chi connectivity index (χ1v) is 9.55. The van der Waals surface area contributed by atoms with Gasteiger partial charge in [0.05, 0.1) is 0 Å². The summed E-state index contributed by atoms with van der Waals surface area (Å²) >= 11 is 0. The molecule has 0 bridgehead atoms. The summed E-state index contributed by atoms with van der Waals surface area (Å²) in [4.78, 5) is 0. The molecule has 0 aromatic heterocycles. The summed E-state index contributed by atoms with van der Waals surface area (Å²) in [6.45, 7) is 0. The number of hydrogen-bond acceptors (Lipinski definition) is 0. The number of hydrogen-bond donors (Lipinski definition) is 0. The molecule has 0 aromatic rings. The van der Waals surface area contributed by atoms with E-state index in [1.807, 2.05) is 0 Å². The fourth-order valence-corrected chi connectivity index (χ4v) is 2.83. The molecule has 1 radical (unpaired) electrons. The molecule has 0 nitrogen and oxygen atoms in total. The SMILES string of the molecule is [C]1=C/C=C\C=C\C=C\CCCCCCCCCCCCCC/1. The normalized spacial score (nSPS) is 26.9. The molecule has 123 valence electrons. The van der Waals surface area contributed by atoms with Crippen molar-refractivity contribution < 1.29 is 0 Å². The van der Waals surface area contributed by atoms with Crippen LogP contribution in [0.25, 0.3) is 0 Å². The molecule has 22 heavy (non-hydrogen) atoms. The lowest BCUT2D eigenvalue weighted by Gasteiger charge is -2.02. The molecule has 1 aliphatic rings. The minimum atomic E-state index is 1.11. The van der Waals surface area contributed by atoms with Gasteiger partial charge in [0.1, 0.15) is 0 Å². The molecule has 0 aliphatic heterocycles. The quantitative estimate of drug-likeness (QED) is 0.434. The van der Waals surface area contributed by atoms with Gasteiger partial charge >= 0.3 is 0 Å². The molecule has 0 atom stereocenters. The van der Waals surface area contributed by atoms with Gasteiger partial charge < -0.3 is 0 Å². The van der Waals surface area contributed by atoms with Crippen molar-refractivity contribution in [3.63, 3.8) is 0 Å². The smallest absolute Gasteiger partial charge is 0.0276 e. The van der Waals surface area contributed by atoms with E-state index in [2.05, 4.69) is 48.6 Å². The van der Waals surface area contributed by atoms with Crippen LogP contribution in [0.1, 0.15) is 89.9 Å². The van der Waals surface area contributed by atoms with Gasteiger partial charge in [-0.1, -0.05) is 107 Å². The average molecular weight is 300 g/mol. The second-order valence-electron chi connectivity index (χ2n) is 6.35. The second-order valence-corrected chi connectivity index (χ2v) is 6.35. The summed E-state index contributed by atoms with van der Waals surface area (Å²) in [5.74, 6) is 0. The maximum atomic E-state index is 3.36. The molecular weight excluding hydrogens is 264 g/mol. The van der Waals surface area contributed by atoms with Crippen LogP contribution in [0.5, 0.6) is 0 Å². The predicted octanol–water partition coefficient (Wildman–Crippen LogP) is 7.49. The van der Waals surface area contributed by atoms with Crippen molar-refractivity contribution in [2.75, 3.05) is 0 Å². The van der Waals surface area contributed by atoms with Gasteiger partial charge in [-0.05, 0) is 31.8 Å². The van der Waals surface area contributed by atoms with E-state index in [9.17, 15) is 0 Å². The van der Waals surface area contributed by atoms with Crippen molar-refractivity contribution in [2.24, 2.45) is 0 Å². The number of rotatable bonds is 0. The van der Waals surface area contributed by atoms with Crippen LogP contribution >= 0.6 is 0 Å². The third-order valence-electron chi connectivity index (χ3n) is 4.24. The Morgan fingerprint density at radius 3 is 1.64 bits per heavy atom.